The molecule has 1 atom stereocenters. The van der Waals surface area contributed by atoms with Gasteiger partial charge in [-0.15, -0.1) is 0 Å². The quantitative estimate of drug-likeness (QED) is 0.499. The van der Waals surface area contributed by atoms with Gasteiger partial charge in [-0.05, 0) is 42.0 Å². The Bertz CT molecular complexity index is 1080. The molecule has 130 valence electrons. The number of halogens is 1. The molecule has 0 saturated carbocycles. The smallest absolute Gasteiger partial charge is 0.157 e. The SMILES string of the molecule is Fc1ccc(-c2cnn(C(C#Cc3ccccc3)c3ccccc3)n2)cc1. The second kappa shape index (κ2) is 7.67. The van der Waals surface area contributed by atoms with Gasteiger partial charge in [-0.25, -0.2) is 4.39 Å². The third-order valence-corrected chi connectivity index (χ3v) is 4.12. The van der Waals surface area contributed by atoms with Gasteiger partial charge in [-0.3, -0.25) is 0 Å². The van der Waals surface area contributed by atoms with E-state index in [-0.39, 0.29) is 11.9 Å². The predicted octanol–water partition coefficient (Wildman–Crippen LogP) is 4.73. The summed E-state index contributed by atoms with van der Waals surface area (Å²) in [6.45, 7) is 0. The van der Waals surface area contributed by atoms with Crippen LogP contribution in [0.25, 0.3) is 11.3 Å². The van der Waals surface area contributed by atoms with Gasteiger partial charge in [0.1, 0.15) is 11.5 Å². The average molecular weight is 353 g/mol. The van der Waals surface area contributed by atoms with Crippen LogP contribution in [0.2, 0.25) is 0 Å². The van der Waals surface area contributed by atoms with E-state index in [1.165, 1.54) is 12.1 Å². The molecule has 0 radical (unpaired) electrons. The zero-order valence-corrected chi connectivity index (χ0v) is 14.5. The first-order valence-corrected chi connectivity index (χ1v) is 8.59. The largest absolute Gasteiger partial charge is 0.207 e. The Balaban J connectivity index is 1.71. The first-order valence-electron chi connectivity index (χ1n) is 8.59. The van der Waals surface area contributed by atoms with Crippen molar-refractivity contribution in [3.05, 3.63) is 108 Å². The van der Waals surface area contributed by atoms with Crippen molar-refractivity contribution in [1.29, 1.82) is 0 Å². The molecule has 1 aromatic heterocycles. The predicted molar refractivity (Wildman–Crippen MR) is 103 cm³/mol. The number of aromatic nitrogens is 3. The van der Waals surface area contributed by atoms with Crippen LogP contribution in [0.1, 0.15) is 17.2 Å². The van der Waals surface area contributed by atoms with Crippen LogP contribution < -0.4 is 0 Å². The van der Waals surface area contributed by atoms with Gasteiger partial charge in [-0.1, -0.05) is 60.4 Å². The molecule has 0 fully saturated rings. The highest BCUT2D eigenvalue weighted by molar-refractivity contribution is 5.57. The molecule has 4 aromatic rings. The van der Waals surface area contributed by atoms with Crippen LogP contribution in [0.4, 0.5) is 4.39 Å². The van der Waals surface area contributed by atoms with Crippen molar-refractivity contribution in [2.45, 2.75) is 6.04 Å². The minimum Gasteiger partial charge on any atom is -0.207 e. The fourth-order valence-electron chi connectivity index (χ4n) is 2.74. The third kappa shape index (κ3) is 3.94. The second-order valence-corrected chi connectivity index (χ2v) is 6.01. The molecule has 4 heteroatoms. The highest BCUT2D eigenvalue weighted by Gasteiger charge is 2.14. The summed E-state index contributed by atoms with van der Waals surface area (Å²) >= 11 is 0. The van der Waals surface area contributed by atoms with Crippen molar-refractivity contribution in [3.63, 3.8) is 0 Å². The van der Waals surface area contributed by atoms with E-state index in [9.17, 15) is 4.39 Å². The van der Waals surface area contributed by atoms with Crippen LogP contribution in [0.3, 0.4) is 0 Å². The van der Waals surface area contributed by atoms with Crippen molar-refractivity contribution in [2.24, 2.45) is 0 Å². The number of benzene rings is 3. The average Bonchev–Trinajstić information content (AvgIpc) is 3.20. The summed E-state index contributed by atoms with van der Waals surface area (Å²) in [6, 6.07) is 25.6. The van der Waals surface area contributed by atoms with Gasteiger partial charge in [0.15, 0.2) is 6.04 Å². The van der Waals surface area contributed by atoms with E-state index < -0.39 is 0 Å². The van der Waals surface area contributed by atoms with E-state index in [1.54, 1.807) is 23.1 Å². The molecule has 0 bridgehead atoms. The maximum Gasteiger partial charge on any atom is 0.157 e. The zero-order valence-electron chi connectivity index (χ0n) is 14.5. The zero-order chi connectivity index (χ0) is 18.5. The Labute approximate surface area is 157 Å². The van der Waals surface area contributed by atoms with Gasteiger partial charge in [0, 0.05) is 11.1 Å². The van der Waals surface area contributed by atoms with Crippen molar-refractivity contribution >= 4 is 0 Å². The molecule has 1 unspecified atom stereocenters. The lowest BCUT2D eigenvalue weighted by Crippen LogP contribution is -2.12. The normalized spacial score (nSPS) is 11.4. The lowest BCUT2D eigenvalue weighted by atomic mass is 10.1. The van der Waals surface area contributed by atoms with Crippen molar-refractivity contribution < 1.29 is 4.39 Å². The third-order valence-electron chi connectivity index (χ3n) is 4.12. The molecule has 0 spiro atoms. The van der Waals surface area contributed by atoms with E-state index >= 15 is 0 Å². The Hall–Kier alpha value is -3.71. The van der Waals surface area contributed by atoms with Crippen LogP contribution in [0, 0.1) is 17.7 Å². The van der Waals surface area contributed by atoms with Gasteiger partial charge in [-0.2, -0.15) is 15.0 Å². The summed E-state index contributed by atoms with van der Waals surface area (Å²) in [5, 5.41) is 8.99. The Morgan fingerprint density at radius 2 is 1.48 bits per heavy atom. The van der Waals surface area contributed by atoms with Gasteiger partial charge < -0.3 is 0 Å². The Morgan fingerprint density at radius 1 is 0.815 bits per heavy atom. The lowest BCUT2D eigenvalue weighted by molar-refractivity contribution is 0.544. The first kappa shape index (κ1) is 16.7. The van der Waals surface area contributed by atoms with Crippen LogP contribution >= 0.6 is 0 Å². The summed E-state index contributed by atoms with van der Waals surface area (Å²) in [5.74, 6) is 6.19. The highest BCUT2D eigenvalue weighted by Crippen LogP contribution is 2.20. The van der Waals surface area contributed by atoms with Gasteiger partial charge in [0.05, 0.1) is 6.20 Å². The van der Waals surface area contributed by atoms with Crippen molar-refractivity contribution in [3.8, 4) is 23.1 Å². The van der Waals surface area contributed by atoms with E-state index in [0.717, 1.165) is 16.7 Å². The fourth-order valence-corrected chi connectivity index (χ4v) is 2.74. The summed E-state index contributed by atoms with van der Waals surface area (Å²) in [4.78, 5) is 1.60. The molecule has 1 heterocycles. The molecule has 0 amide bonds. The number of nitrogens with zero attached hydrogens (tertiary/aromatic N) is 3. The fraction of sp³-hybridized carbons (Fsp3) is 0.0435. The summed E-state index contributed by atoms with van der Waals surface area (Å²) in [7, 11) is 0. The van der Waals surface area contributed by atoms with Crippen molar-refractivity contribution in [2.75, 3.05) is 0 Å². The minimum atomic E-state index is -0.319. The molecule has 0 aliphatic heterocycles. The standard InChI is InChI=1S/C23H16FN3/c24-21-14-12-19(13-15-21)22-17-25-27(26-22)23(20-9-5-2-6-10-20)16-11-18-7-3-1-4-8-18/h1-10,12-15,17,23H. The first-order chi connectivity index (χ1) is 13.3. The number of hydrogen-bond donors (Lipinski definition) is 0. The highest BCUT2D eigenvalue weighted by atomic mass is 19.1. The minimum absolute atomic E-state index is 0.276. The van der Waals surface area contributed by atoms with E-state index in [0.29, 0.717) is 5.69 Å². The molecule has 27 heavy (non-hydrogen) atoms. The summed E-state index contributed by atoms with van der Waals surface area (Å²) < 4.78 is 13.2. The van der Waals surface area contributed by atoms with E-state index in [2.05, 4.69) is 22.0 Å². The van der Waals surface area contributed by atoms with Gasteiger partial charge >= 0.3 is 0 Å². The van der Waals surface area contributed by atoms with Gasteiger partial charge in [0.25, 0.3) is 0 Å². The molecule has 4 rings (SSSR count). The Morgan fingerprint density at radius 3 is 2.19 bits per heavy atom. The molecular weight excluding hydrogens is 337 g/mol. The van der Waals surface area contributed by atoms with E-state index in [1.807, 2.05) is 60.7 Å². The molecule has 0 N–H and O–H groups in total. The molecular formula is C23H16FN3. The molecule has 0 saturated heterocycles. The second-order valence-electron chi connectivity index (χ2n) is 6.01. The van der Waals surface area contributed by atoms with Crippen LogP contribution in [-0.4, -0.2) is 15.0 Å². The van der Waals surface area contributed by atoms with E-state index in [4.69, 9.17) is 0 Å². The summed E-state index contributed by atoms with van der Waals surface area (Å²) in [6.07, 6.45) is 1.67. The topological polar surface area (TPSA) is 30.7 Å². The molecule has 3 aromatic carbocycles. The molecule has 3 nitrogen and oxygen atoms in total. The van der Waals surface area contributed by atoms with Crippen LogP contribution in [0.5, 0.6) is 0 Å². The number of rotatable bonds is 3. The maximum atomic E-state index is 13.2. The summed E-state index contributed by atoms with van der Waals surface area (Å²) in [5.41, 5.74) is 3.43. The number of hydrogen-bond acceptors (Lipinski definition) is 2. The molecule has 0 aliphatic rings. The maximum absolute atomic E-state index is 13.2. The van der Waals surface area contributed by atoms with Crippen LogP contribution in [0.15, 0.2) is 91.1 Å². The molecule has 0 aliphatic carbocycles. The monoisotopic (exact) mass is 353 g/mol. The van der Waals surface area contributed by atoms with Crippen molar-refractivity contribution in [1.82, 2.24) is 15.0 Å². The lowest BCUT2D eigenvalue weighted by Gasteiger charge is -2.10. The van der Waals surface area contributed by atoms with Gasteiger partial charge in [0.2, 0.25) is 0 Å². The van der Waals surface area contributed by atoms with Crippen LogP contribution in [-0.2, 0) is 0 Å². The Kier molecular flexibility index (Phi) is 4.76.